The first-order chi connectivity index (χ1) is 12.8. The number of carbonyl (C=O) groups excluding carboxylic acids is 2. The van der Waals surface area contributed by atoms with Gasteiger partial charge in [0.1, 0.15) is 5.82 Å². The summed E-state index contributed by atoms with van der Waals surface area (Å²) in [5, 5.41) is 9.03. The molecule has 3 rings (SSSR count). The zero-order chi connectivity index (χ0) is 19.7. The predicted molar refractivity (Wildman–Crippen MR) is 106 cm³/mol. The molecule has 1 heterocycles. The number of carbonyl (C=O) groups is 2. The molecule has 0 bridgehead atoms. The number of rotatable bonds is 8. The second kappa shape index (κ2) is 7.84. The third-order valence-electron chi connectivity index (χ3n) is 5.00. The maximum atomic E-state index is 13.0. The van der Waals surface area contributed by atoms with Crippen molar-refractivity contribution in [1.29, 1.82) is 0 Å². The summed E-state index contributed by atoms with van der Waals surface area (Å²) >= 11 is 1.44. The Kier molecular flexibility index (Phi) is 5.69. The molecule has 1 unspecified atom stereocenters. The standard InChI is InChI=1S/C20H26N4O2S/c1-11-9-13(3)16(10-12(11)2)19(26)14(4)27-20-23-22-18(8-7-17(21)25)24(20)15-5-6-15/h9-10,14-15H,5-8H2,1-4H3,(H2,21,25). The fraction of sp³-hybridized carbons (Fsp3) is 0.500. The van der Waals surface area contributed by atoms with E-state index in [1.165, 1.54) is 17.3 Å². The molecule has 1 atom stereocenters. The molecule has 2 aromatic rings. The van der Waals surface area contributed by atoms with Gasteiger partial charge in [-0.25, -0.2) is 0 Å². The van der Waals surface area contributed by atoms with Gasteiger partial charge in [0.05, 0.1) is 5.25 Å². The molecule has 7 heteroatoms. The number of thioether (sulfide) groups is 1. The van der Waals surface area contributed by atoms with Crippen molar-refractivity contribution in [3.63, 3.8) is 0 Å². The molecule has 27 heavy (non-hydrogen) atoms. The number of amides is 1. The SMILES string of the molecule is Cc1cc(C)c(C(=O)C(C)Sc2nnc(CCC(N)=O)n2C2CC2)cc1C. The maximum absolute atomic E-state index is 13.0. The van der Waals surface area contributed by atoms with E-state index in [0.29, 0.717) is 12.5 Å². The molecule has 2 N–H and O–H groups in total. The van der Waals surface area contributed by atoms with Gasteiger partial charge in [-0.05, 0) is 63.3 Å². The largest absolute Gasteiger partial charge is 0.370 e. The smallest absolute Gasteiger partial charge is 0.217 e. The summed E-state index contributed by atoms with van der Waals surface area (Å²) in [5.41, 5.74) is 9.35. The minimum Gasteiger partial charge on any atom is -0.370 e. The fourth-order valence-electron chi connectivity index (χ4n) is 3.15. The molecule has 1 saturated carbocycles. The van der Waals surface area contributed by atoms with Crippen LogP contribution in [-0.2, 0) is 11.2 Å². The van der Waals surface area contributed by atoms with Crippen molar-refractivity contribution in [2.45, 2.75) is 69.8 Å². The Morgan fingerprint density at radius 3 is 2.48 bits per heavy atom. The van der Waals surface area contributed by atoms with Crippen LogP contribution in [0.3, 0.4) is 0 Å². The summed E-state index contributed by atoms with van der Waals surface area (Å²) in [4.78, 5) is 24.1. The van der Waals surface area contributed by atoms with E-state index in [2.05, 4.69) is 27.8 Å². The Morgan fingerprint density at radius 1 is 1.19 bits per heavy atom. The highest BCUT2D eigenvalue weighted by molar-refractivity contribution is 8.00. The highest BCUT2D eigenvalue weighted by atomic mass is 32.2. The minimum absolute atomic E-state index is 0.102. The molecule has 1 aromatic heterocycles. The Balaban J connectivity index is 1.79. The number of ketones is 1. The van der Waals surface area contributed by atoms with Crippen LogP contribution in [0.5, 0.6) is 0 Å². The Hall–Kier alpha value is -2.15. The van der Waals surface area contributed by atoms with Crippen LogP contribution in [0.4, 0.5) is 0 Å². The lowest BCUT2D eigenvalue weighted by atomic mass is 9.97. The van der Waals surface area contributed by atoms with Gasteiger partial charge in [0.25, 0.3) is 0 Å². The van der Waals surface area contributed by atoms with Gasteiger partial charge in [-0.15, -0.1) is 10.2 Å². The van der Waals surface area contributed by atoms with Gasteiger partial charge in [0.2, 0.25) is 5.91 Å². The van der Waals surface area contributed by atoms with Crippen molar-refractivity contribution < 1.29 is 9.59 Å². The molecule has 1 fully saturated rings. The van der Waals surface area contributed by atoms with E-state index in [0.717, 1.165) is 40.5 Å². The quantitative estimate of drug-likeness (QED) is 0.555. The first-order valence-electron chi connectivity index (χ1n) is 9.28. The van der Waals surface area contributed by atoms with Crippen LogP contribution in [0.25, 0.3) is 0 Å². The minimum atomic E-state index is -0.344. The molecule has 1 amide bonds. The van der Waals surface area contributed by atoms with Crippen LogP contribution in [0.15, 0.2) is 17.3 Å². The van der Waals surface area contributed by atoms with Gasteiger partial charge in [-0.2, -0.15) is 0 Å². The molecule has 0 radical (unpaired) electrons. The van der Waals surface area contributed by atoms with Crippen LogP contribution in [-0.4, -0.2) is 31.7 Å². The van der Waals surface area contributed by atoms with E-state index in [1.54, 1.807) is 0 Å². The molecule has 0 spiro atoms. The number of nitrogens with two attached hydrogens (primary N) is 1. The van der Waals surface area contributed by atoms with E-state index in [9.17, 15) is 9.59 Å². The first-order valence-corrected chi connectivity index (χ1v) is 10.2. The van der Waals surface area contributed by atoms with E-state index < -0.39 is 0 Å². The number of hydrogen-bond acceptors (Lipinski definition) is 5. The summed E-state index contributed by atoms with van der Waals surface area (Å²) < 4.78 is 2.09. The van der Waals surface area contributed by atoms with Gasteiger partial charge >= 0.3 is 0 Å². The van der Waals surface area contributed by atoms with E-state index in [-0.39, 0.29) is 23.4 Å². The van der Waals surface area contributed by atoms with Crippen molar-refractivity contribution in [2.24, 2.45) is 5.73 Å². The molecule has 1 aromatic carbocycles. The topological polar surface area (TPSA) is 90.9 Å². The van der Waals surface area contributed by atoms with E-state index >= 15 is 0 Å². The highest BCUT2D eigenvalue weighted by Gasteiger charge is 2.31. The Labute approximate surface area is 163 Å². The summed E-state index contributed by atoms with van der Waals surface area (Å²) in [6.45, 7) is 7.97. The van der Waals surface area contributed by atoms with E-state index in [1.807, 2.05) is 26.8 Å². The van der Waals surface area contributed by atoms with Crippen LogP contribution in [0.1, 0.15) is 65.1 Å². The predicted octanol–water partition coefficient (Wildman–Crippen LogP) is 3.32. The molecular formula is C20H26N4O2S. The van der Waals surface area contributed by atoms with Crippen molar-refractivity contribution >= 4 is 23.5 Å². The van der Waals surface area contributed by atoms with Crippen LogP contribution < -0.4 is 5.73 Å². The van der Waals surface area contributed by atoms with Crippen LogP contribution >= 0.6 is 11.8 Å². The molecule has 1 aliphatic rings. The Bertz CT molecular complexity index is 886. The number of aromatic nitrogens is 3. The molecule has 0 aliphatic heterocycles. The second-order valence-electron chi connectivity index (χ2n) is 7.34. The van der Waals surface area contributed by atoms with Crippen molar-refractivity contribution in [3.8, 4) is 0 Å². The number of nitrogens with zero attached hydrogens (tertiary/aromatic N) is 3. The Morgan fingerprint density at radius 2 is 1.85 bits per heavy atom. The lowest BCUT2D eigenvalue weighted by Crippen LogP contribution is -2.17. The maximum Gasteiger partial charge on any atom is 0.217 e. The molecular weight excluding hydrogens is 360 g/mol. The number of aryl methyl sites for hydroxylation is 4. The molecule has 144 valence electrons. The average Bonchev–Trinajstić information content (AvgIpc) is 3.37. The van der Waals surface area contributed by atoms with Gasteiger partial charge in [-0.1, -0.05) is 17.8 Å². The third kappa shape index (κ3) is 4.40. The van der Waals surface area contributed by atoms with E-state index in [4.69, 9.17) is 5.73 Å². The van der Waals surface area contributed by atoms with Crippen molar-refractivity contribution in [1.82, 2.24) is 14.8 Å². The van der Waals surface area contributed by atoms with Crippen LogP contribution in [0.2, 0.25) is 0 Å². The zero-order valence-corrected chi connectivity index (χ0v) is 17.1. The fourth-order valence-corrected chi connectivity index (χ4v) is 4.16. The number of hydrogen-bond donors (Lipinski definition) is 1. The molecule has 1 aliphatic carbocycles. The third-order valence-corrected chi connectivity index (χ3v) is 6.06. The second-order valence-corrected chi connectivity index (χ2v) is 8.65. The van der Waals surface area contributed by atoms with Crippen molar-refractivity contribution in [2.75, 3.05) is 0 Å². The van der Waals surface area contributed by atoms with Gasteiger partial charge < -0.3 is 10.3 Å². The summed E-state index contributed by atoms with van der Waals surface area (Å²) in [7, 11) is 0. The summed E-state index contributed by atoms with van der Waals surface area (Å²) in [5.74, 6) is 0.536. The van der Waals surface area contributed by atoms with Gasteiger partial charge in [0, 0.05) is 24.4 Å². The van der Waals surface area contributed by atoms with Gasteiger partial charge in [0.15, 0.2) is 10.9 Å². The summed E-state index contributed by atoms with van der Waals surface area (Å²) in [6, 6.07) is 4.42. The first kappa shape index (κ1) is 19.6. The normalized spacial score (nSPS) is 15.0. The number of Topliss-reactive ketones (excluding diaryl/α,β-unsaturated/α-hetero) is 1. The van der Waals surface area contributed by atoms with Crippen molar-refractivity contribution in [3.05, 3.63) is 40.2 Å². The number of benzene rings is 1. The monoisotopic (exact) mass is 386 g/mol. The lowest BCUT2D eigenvalue weighted by molar-refractivity contribution is -0.118. The average molecular weight is 387 g/mol. The van der Waals surface area contributed by atoms with Gasteiger partial charge in [-0.3, -0.25) is 9.59 Å². The summed E-state index contributed by atoms with van der Waals surface area (Å²) in [6.07, 6.45) is 2.89. The molecule has 0 saturated heterocycles. The number of primary amides is 1. The van der Waals surface area contributed by atoms with Crippen LogP contribution in [0, 0.1) is 20.8 Å². The lowest BCUT2D eigenvalue weighted by Gasteiger charge is -2.15. The highest BCUT2D eigenvalue weighted by Crippen LogP contribution is 2.40. The zero-order valence-electron chi connectivity index (χ0n) is 16.3. The molecule has 6 nitrogen and oxygen atoms in total.